The highest BCUT2D eigenvalue weighted by atomic mass is 32.2. The lowest BCUT2D eigenvalue weighted by Gasteiger charge is -2.29. The molecular formula is C18H13NO4S. The molecule has 5 nitrogen and oxygen atoms in total. The third-order valence-corrected chi connectivity index (χ3v) is 4.77. The van der Waals surface area contributed by atoms with Gasteiger partial charge < -0.3 is 9.47 Å². The Hall–Kier alpha value is -2.60. The largest absolute Gasteiger partial charge is 0.419 e. The first kappa shape index (κ1) is 15.0. The van der Waals surface area contributed by atoms with Crippen molar-refractivity contribution in [1.82, 2.24) is 0 Å². The minimum atomic E-state index is -1.24. The Morgan fingerprint density at radius 1 is 0.958 bits per heavy atom. The quantitative estimate of drug-likeness (QED) is 0.587. The summed E-state index contributed by atoms with van der Waals surface area (Å²) in [6.07, 6.45) is 0. The molecule has 0 saturated carbocycles. The van der Waals surface area contributed by atoms with Crippen molar-refractivity contribution in [2.24, 2.45) is 4.99 Å². The summed E-state index contributed by atoms with van der Waals surface area (Å²) in [6, 6.07) is 13.1. The number of carbonyl (C=O) groups is 2. The molecule has 0 spiro atoms. The van der Waals surface area contributed by atoms with Gasteiger partial charge in [0.05, 0.1) is 11.0 Å². The third-order valence-electron chi connectivity index (χ3n) is 3.66. The molecule has 0 amide bonds. The number of nitrogens with zero attached hydrogens (tertiary/aromatic N) is 1. The molecule has 0 aromatic heterocycles. The monoisotopic (exact) mass is 339 g/mol. The molecule has 0 atom stereocenters. The van der Waals surface area contributed by atoms with Gasteiger partial charge in [-0.05, 0) is 29.5 Å². The van der Waals surface area contributed by atoms with Crippen molar-refractivity contribution in [1.29, 1.82) is 0 Å². The van der Waals surface area contributed by atoms with E-state index in [1.54, 1.807) is 30.0 Å². The number of hydrogen-bond acceptors (Lipinski definition) is 6. The van der Waals surface area contributed by atoms with Crippen molar-refractivity contribution in [3.63, 3.8) is 0 Å². The van der Waals surface area contributed by atoms with Crippen LogP contribution in [0.2, 0.25) is 0 Å². The number of carbonyl (C=O) groups excluding carboxylic acids is 2. The second-order valence-corrected chi connectivity index (χ2v) is 7.00. The predicted octanol–water partition coefficient (Wildman–Crippen LogP) is 2.09. The number of benzene rings is 2. The van der Waals surface area contributed by atoms with Crippen LogP contribution in [0.15, 0.2) is 57.2 Å². The summed E-state index contributed by atoms with van der Waals surface area (Å²) in [6.45, 7) is 3.05. The van der Waals surface area contributed by atoms with E-state index < -0.39 is 17.7 Å². The van der Waals surface area contributed by atoms with Crippen LogP contribution in [0.4, 0.5) is 5.69 Å². The molecule has 6 heteroatoms. The fourth-order valence-electron chi connectivity index (χ4n) is 2.62. The minimum absolute atomic E-state index is 0.0865. The number of esters is 2. The van der Waals surface area contributed by atoms with Crippen LogP contribution in [-0.2, 0) is 19.1 Å². The van der Waals surface area contributed by atoms with E-state index in [1.165, 1.54) is 13.8 Å². The van der Waals surface area contributed by atoms with Crippen molar-refractivity contribution in [2.45, 2.75) is 29.4 Å². The van der Waals surface area contributed by atoms with Crippen molar-refractivity contribution in [2.75, 3.05) is 0 Å². The summed E-state index contributed by atoms with van der Waals surface area (Å²) in [5.74, 6) is -2.58. The van der Waals surface area contributed by atoms with E-state index in [2.05, 4.69) is 4.99 Å². The van der Waals surface area contributed by atoms with E-state index in [-0.39, 0.29) is 5.57 Å². The summed E-state index contributed by atoms with van der Waals surface area (Å²) >= 11 is 1.55. The van der Waals surface area contributed by atoms with Crippen LogP contribution in [0, 0.1) is 0 Å². The lowest BCUT2D eigenvalue weighted by molar-refractivity contribution is -0.217. The molecular weight excluding hydrogens is 326 g/mol. The van der Waals surface area contributed by atoms with Crippen molar-refractivity contribution >= 4 is 35.0 Å². The van der Waals surface area contributed by atoms with Crippen molar-refractivity contribution in [3.8, 4) is 0 Å². The first-order valence-corrected chi connectivity index (χ1v) is 8.21. The highest BCUT2D eigenvalue weighted by Gasteiger charge is 2.39. The topological polar surface area (TPSA) is 65.0 Å². The van der Waals surface area contributed by atoms with Crippen LogP contribution in [0.5, 0.6) is 0 Å². The smallest absolute Gasteiger partial charge is 0.349 e. The predicted molar refractivity (Wildman–Crippen MR) is 87.1 cm³/mol. The zero-order chi connectivity index (χ0) is 16.9. The average Bonchev–Trinajstić information content (AvgIpc) is 2.51. The molecule has 24 heavy (non-hydrogen) atoms. The Labute approximate surface area is 142 Å². The summed E-state index contributed by atoms with van der Waals surface area (Å²) in [5.41, 5.74) is 0.824. The van der Waals surface area contributed by atoms with Crippen LogP contribution in [0.3, 0.4) is 0 Å². The zero-order valence-corrected chi connectivity index (χ0v) is 13.8. The zero-order valence-electron chi connectivity index (χ0n) is 13.0. The Kier molecular flexibility index (Phi) is 3.25. The van der Waals surface area contributed by atoms with E-state index in [9.17, 15) is 9.59 Å². The van der Waals surface area contributed by atoms with Crippen LogP contribution in [-0.4, -0.2) is 17.7 Å². The Morgan fingerprint density at radius 2 is 1.67 bits per heavy atom. The molecule has 2 heterocycles. The summed E-state index contributed by atoms with van der Waals surface area (Å²) in [7, 11) is 0. The second-order valence-electron chi connectivity index (χ2n) is 5.92. The molecule has 2 aliphatic rings. The molecule has 0 radical (unpaired) electrons. The second kappa shape index (κ2) is 5.21. The van der Waals surface area contributed by atoms with Gasteiger partial charge in [-0.15, -0.1) is 0 Å². The van der Waals surface area contributed by atoms with E-state index in [4.69, 9.17) is 9.47 Å². The number of ether oxygens (including phenoxy) is 2. The van der Waals surface area contributed by atoms with Gasteiger partial charge in [0, 0.05) is 23.6 Å². The van der Waals surface area contributed by atoms with Gasteiger partial charge in [-0.1, -0.05) is 30.0 Å². The van der Waals surface area contributed by atoms with Gasteiger partial charge in [-0.25, -0.2) is 14.6 Å². The van der Waals surface area contributed by atoms with Crippen LogP contribution in [0.1, 0.15) is 13.8 Å². The number of fused-ring (bicyclic) bond motifs is 2. The number of para-hydroxylation sites is 1. The maximum Gasteiger partial charge on any atom is 0.349 e. The van der Waals surface area contributed by atoms with Gasteiger partial charge in [-0.3, -0.25) is 0 Å². The lowest BCUT2D eigenvalue weighted by Crippen LogP contribution is -2.43. The van der Waals surface area contributed by atoms with Gasteiger partial charge in [0.15, 0.2) is 5.57 Å². The first-order chi connectivity index (χ1) is 11.4. The molecule has 120 valence electrons. The standard InChI is InChI=1S/C18H13NO4S/c1-18(2)22-16(20)15(17(21)23-18)10-7-8-12-14(9-10)24-13-6-4-3-5-11(13)19-12/h3-9H,1-2H3. The first-order valence-electron chi connectivity index (χ1n) is 7.40. The van der Waals surface area contributed by atoms with E-state index in [0.29, 0.717) is 5.22 Å². The molecule has 0 N–H and O–H groups in total. The Morgan fingerprint density at radius 3 is 2.42 bits per heavy atom. The number of rotatable bonds is 0. The summed E-state index contributed by atoms with van der Waals surface area (Å²) < 4.78 is 10.3. The maximum absolute atomic E-state index is 12.2. The third kappa shape index (κ3) is 2.49. The SMILES string of the molecule is CC1(C)OC(=O)C(=c2ccc3c(c2)Sc2ccccc2N=3)C(=O)O1. The normalized spacial score (nSPS) is 18.0. The molecule has 0 bridgehead atoms. The molecule has 1 saturated heterocycles. The molecule has 2 aromatic rings. The Bertz CT molecular complexity index is 988. The van der Waals surface area contributed by atoms with E-state index in [0.717, 1.165) is 20.8 Å². The van der Waals surface area contributed by atoms with E-state index in [1.807, 2.05) is 24.3 Å². The van der Waals surface area contributed by atoms with Gasteiger partial charge >= 0.3 is 11.9 Å². The van der Waals surface area contributed by atoms with Crippen LogP contribution >= 0.6 is 11.8 Å². The summed E-state index contributed by atoms with van der Waals surface area (Å²) in [5, 5.41) is 1.28. The number of hydrogen-bond donors (Lipinski definition) is 0. The van der Waals surface area contributed by atoms with Crippen molar-refractivity contribution < 1.29 is 19.1 Å². The molecule has 4 rings (SSSR count). The average molecular weight is 339 g/mol. The Balaban J connectivity index is 1.87. The minimum Gasteiger partial charge on any atom is -0.419 e. The molecule has 1 fully saturated rings. The highest BCUT2D eigenvalue weighted by molar-refractivity contribution is 7.99. The van der Waals surface area contributed by atoms with E-state index >= 15 is 0 Å². The molecule has 2 aromatic carbocycles. The molecule has 0 unspecified atom stereocenters. The maximum atomic E-state index is 12.2. The fourth-order valence-corrected chi connectivity index (χ4v) is 3.62. The number of cyclic esters (lactones) is 2. The van der Waals surface area contributed by atoms with Crippen molar-refractivity contribution in [3.05, 3.63) is 53.0 Å². The van der Waals surface area contributed by atoms with Gasteiger partial charge in [0.2, 0.25) is 0 Å². The fraction of sp³-hybridized carbons (Fsp3) is 0.167. The highest BCUT2D eigenvalue weighted by Crippen LogP contribution is 2.35. The lowest BCUT2D eigenvalue weighted by atomic mass is 10.1. The summed E-state index contributed by atoms with van der Waals surface area (Å²) in [4.78, 5) is 30.9. The molecule has 0 aliphatic carbocycles. The van der Waals surface area contributed by atoms with Gasteiger partial charge in [-0.2, -0.15) is 0 Å². The van der Waals surface area contributed by atoms with Crippen LogP contribution < -0.4 is 10.6 Å². The van der Waals surface area contributed by atoms with Gasteiger partial charge in [0.1, 0.15) is 0 Å². The molecule has 2 aliphatic heterocycles. The van der Waals surface area contributed by atoms with Crippen LogP contribution in [0.25, 0.3) is 5.57 Å². The van der Waals surface area contributed by atoms with Gasteiger partial charge in [0.25, 0.3) is 5.79 Å².